The maximum atomic E-state index is 11.6. The lowest BCUT2D eigenvalue weighted by Crippen LogP contribution is -2.07. The van der Waals surface area contributed by atoms with Crippen LogP contribution in [-0.2, 0) is 16.0 Å². The van der Waals surface area contributed by atoms with Crippen LogP contribution in [0.25, 0.3) is 0 Å². The number of halogens is 1. The molecule has 0 fully saturated rings. The van der Waals surface area contributed by atoms with E-state index in [9.17, 15) is 9.59 Å². The van der Waals surface area contributed by atoms with Crippen LogP contribution in [0.5, 0.6) is 11.5 Å². The number of nitrogen functional groups attached to an aromatic ring is 1. The van der Waals surface area contributed by atoms with Crippen LogP contribution in [0.15, 0.2) is 40.9 Å². The number of esters is 1. The standard InChI is InChI=1S/C17H16BrNO4/c1-2-22-17(21)7-11-5-14(19)9-15(6-11)23-16-4-3-13(18)8-12(16)10-20/h3-6,8-10H,2,7,19H2,1H3. The molecule has 0 saturated heterocycles. The van der Waals surface area contributed by atoms with Gasteiger partial charge in [-0.2, -0.15) is 0 Å². The van der Waals surface area contributed by atoms with E-state index in [4.69, 9.17) is 15.2 Å². The lowest BCUT2D eigenvalue weighted by Gasteiger charge is -2.11. The molecule has 0 aliphatic rings. The number of nitrogens with two attached hydrogens (primary N) is 1. The van der Waals surface area contributed by atoms with Gasteiger partial charge < -0.3 is 15.2 Å². The number of rotatable bonds is 6. The Hall–Kier alpha value is -2.34. The summed E-state index contributed by atoms with van der Waals surface area (Å²) in [4.78, 5) is 22.7. The molecule has 5 nitrogen and oxygen atoms in total. The Bertz CT molecular complexity index is 731. The minimum atomic E-state index is -0.332. The van der Waals surface area contributed by atoms with E-state index >= 15 is 0 Å². The molecule has 2 aromatic rings. The lowest BCUT2D eigenvalue weighted by molar-refractivity contribution is -0.142. The maximum absolute atomic E-state index is 11.6. The molecule has 2 rings (SSSR count). The lowest BCUT2D eigenvalue weighted by atomic mass is 10.1. The Labute approximate surface area is 142 Å². The Kier molecular flexibility index (Phi) is 5.76. The van der Waals surface area contributed by atoms with Crippen molar-refractivity contribution < 1.29 is 19.1 Å². The number of carbonyl (C=O) groups is 2. The highest BCUT2D eigenvalue weighted by Crippen LogP contribution is 2.29. The second kappa shape index (κ2) is 7.78. The molecule has 0 atom stereocenters. The molecule has 0 unspecified atom stereocenters. The van der Waals surface area contributed by atoms with Gasteiger partial charge in [0, 0.05) is 16.2 Å². The smallest absolute Gasteiger partial charge is 0.310 e. The molecule has 0 heterocycles. The first kappa shape index (κ1) is 17.0. The van der Waals surface area contributed by atoms with Crippen molar-refractivity contribution in [2.45, 2.75) is 13.3 Å². The van der Waals surface area contributed by atoms with Crippen molar-refractivity contribution in [3.05, 3.63) is 52.0 Å². The minimum absolute atomic E-state index is 0.107. The van der Waals surface area contributed by atoms with Gasteiger partial charge in [0.15, 0.2) is 6.29 Å². The molecule has 0 bridgehead atoms. The highest BCUT2D eigenvalue weighted by Gasteiger charge is 2.09. The molecular formula is C17H16BrNO4. The fourth-order valence-electron chi connectivity index (χ4n) is 2.06. The van der Waals surface area contributed by atoms with Crippen LogP contribution in [-0.4, -0.2) is 18.9 Å². The Morgan fingerprint density at radius 3 is 2.74 bits per heavy atom. The highest BCUT2D eigenvalue weighted by molar-refractivity contribution is 9.10. The predicted molar refractivity (Wildman–Crippen MR) is 90.8 cm³/mol. The third-order valence-electron chi connectivity index (χ3n) is 2.97. The van der Waals surface area contributed by atoms with E-state index in [0.717, 1.165) is 4.47 Å². The van der Waals surface area contributed by atoms with E-state index in [2.05, 4.69) is 15.9 Å². The SMILES string of the molecule is CCOC(=O)Cc1cc(N)cc(Oc2ccc(Br)cc2C=O)c1. The molecule has 0 radical (unpaired) electrons. The quantitative estimate of drug-likeness (QED) is 0.471. The van der Waals surface area contributed by atoms with Gasteiger partial charge in [-0.05, 0) is 42.8 Å². The van der Waals surface area contributed by atoms with E-state index < -0.39 is 0 Å². The summed E-state index contributed by atoms with van der Waals surface area (Å²) in [5.41, 5.74) is 7.41. The second-order valence-corrected chi connectivity index (χ2v) is 5.71. The summed E-state index contributed by atoms with van der Waals surface area (Å²) < 4.78 is 11.4. The molecule has 0 spiro atoms. The number of ether oxygens (including phenoxy) is 2. The van der Waals surface area contributed by atoms with Crippen molar-refractivity contribution in [1.82, 2.24) is 0 Å². The monoisotopic (exact) mass is 377 g/mol. The van der Waals surface area contributed by atoms with E-state index in [1.54, 1.807) is 43.3 Å². The molecule has 2 aromatic carbocycles. The van der Waals surface area contributed by atoms with Crippen LogP contribution in [0, 0.1) is 0 Å². The molecule has 6 heteroatoms. The summed E-state index contributed by atoms with van der Waals surface area (Å²) in [6.45, 7) is 2.08. The van der Waals surface area contributed by atoms with Crippen LogP contribution in [0.1, 0.15) is 22.8 Å². The number of benzene rings is 2. The van der Waals surface area contributed by atoms with Crippen molar-refractivity contribution in [2.24, 2.45) is 0 Å². The molecule has 2 N–H and O–H groups in total. The summed E-state index contributed by atoms with van der Waals surface area (Å²) >= 11 is 3.30. The van der Waals surface area contributed by atoms with Gasteiger partial charge in [-0.15, -0.1) is 0 Å². The van der Waals surface area contributed by atoms with Crippen molar-refractivity contribution >= 4 is 33.9 Å². The van der Waals surface area contributed by atoms with Gasteiger partial charge in [0.25, 0.3) is 0 Å². The van der Waals surface area contributed by atoms with Crippen molar-refractivity contribution in [3.63, 3.8) is 0 Å². The molecule has 0 amide bonds. The second-order valence-electron chi connectivity index (χ2n) is 4.79. The average Bonchev–Trinajstić information content (AvgIpc) is 2.48. The summed E-state index contributed by atoms with van der Waals surface area (Å²) in [5.74, 6) is 0.534. The van der Waals surface area contributed by atoms with Crippen LogP contribution >= 0.6 is 15.9 Å². The highest BCUT2D eigenvalue weighted by atomic mass is 79.9. The topological polar surface area (TPSA) is 78.6 Å². The van der Waals surface area contributed by atoms with Crippen molar-refractivity contribution in [1.29, 1.82) is 0 Å². The van der Waals surface area contributed by atoms with E-state index in [-0.39, 0.29) is 12.4 Å². The Morgan fingerprint density at radius 1 is 1.26 bits per heavy atom. The van der Waals surface area contributed by atoms with E-state index in [1.165, 1.54) is 0 Å². The third-order valence-corrected chi connectivity index (χ3v) is 3.46. The molecule has 120 valence electrons. The van der Waals surface area contributed by atoms with Crippen LogP contribution in [0.3, 0.4) is 0 Å². The van der Waals surface area contributed by atoms with E-state index in [1.807, 2.05) is 0 Å². The number of hydrogen-bond acceptors (Lipinski definition) is 5. The third kappa shape index (κ3) is 4.82. The van der Waals surface area contributed by atoms with Gasteiger partial charge >= 0.3 is 5.97 Å². The summed E-state index contributed by atoms with van der Waals surface area (Å²) in [6.07, 6.45) is 0.821. The molecule has 0 aliphatic heterocycles. The van der Waals surface area contributed by atoms with Crippen molar-refractivity contribution in [2.75, 3.05) is 12.3 Å². The van der Waals surface area contributed by atoms with Crippen LogP contribution < -0.4 is 10.5 Å². The first-order chi connectivity index (χ1) is 11.0. The molecule has 0 aliphatic carbocycles. The van der Waals surface area contributed by atoms with Crippen LogP contribution in [0.4, 0.5) is 5.69 Å². The summed E-state index contributed by atoms with van der Waals surface area (Å²) in [6, 6.07) is 10.1. The van der Waals surface area contributed by atoms with E-state index in [0.29, 0.717) is 41.2 Å². The van der Waals surface area contributed by atoms with Gasteiger partial charge in [0.2, 0.25) is 0 Å². The largest absolute Gasteiger partial charge is 0.466 e. The average molecular weight is 378 g/mol. The summed E-state index contributed by atoms with van der Waals surface area (Å²) in [7, 11) is 0. The Morgan fingerprint density at radius 2 is 2.04 bits per heavy atom. The first-order valence-electron chi connectivity index (χ1n) is 6.99. The normalized spacial score (nSPS) is 10.2. The molecular weight excluding hydrogens is 362 g/mol. The fraction of sp³-hybridized carbons (Fsp3) is 0.176. The van der Waals surface area contributed by atoms with Gasteiger partial charge in [0.1, 0.15) is 11.5 Å². The van der Waals surface area contributed by atoms with Gasteiger partial charge in [-0.3, -0.25) is 9.59 Å². The van der Waals surface area contributed by atoms with Gasteiger partial charge in [0.05, 0.1) is 18.6 Å². The zero-order chi connectivity index (χ0) is 16.8. The minimum Gasteiger partial charge on any atom is -0.466 e. The summed E-state index contributed by atoms with van der Waals surface area (Å²) in [5, 5.41) is 0. The fourth-order valence-corrected chi connectivity index (χ4v) is 2.44. The van der Waals surface area contributed by atoms with Gasteiger partial charge in [-0.25, -0.2) is 0 Å². The van der Waals surface area contributed by atoms with Crippen molar-refractivity contribution in [3.8, 4) is 11.5 Å². The molecule has 0 aromatic heterocycles. The number of aldehydes is 1. The van der Waals surface area contributed by atoms with Crippen LogP contribution in [0.2, 0.25) is 0 Å². The number of anilines is 1. The first-order valence-corrected chi connectivity index (χ1v) is 7.78. The molecule has 0 saturated carbocycles. The zero-order valence-electron chi connectivity index (χ0n) is 12.5. The zero-order valence-corrected chi connectivity index (χ0v) is 14.1. The maximum Gasteiger partial charge on any atom is 0.310 e. The number of carbonyl (C=O) groups excluding carboxylic acids is 2. The molecule has 23 heavy (non-hydrogen) atoms. The Balaban J connectivity index is 2.25. The van der Waals surface area contributed by atoms with Gasteiger partial charge in [-0.1, -0.05) is 15.9 Å². The predicted octanol–water partition coefficient (Wildman–Crippen LogP) is 3.74. The number of hydrogen-bond donors (Lipinski definition) is 1.